The Balaban J connectivity index is 1.57. The van der Waals surface area contributed by atoms with E-state index in [1.54, 1.807) is 13.1 Å². The van der Waals surface area contributed by atoms with Gasteiger partial charge in [0.2, 0.25) is 5.95 Å². The third kappa shape index (κ3) is 2.69. The minimum absolute atomic E-state index is 0.170. The summed E-state index contributed by atoms with van der Waals surface area (Å²) in [4.78, 5) is 25.6. The van der Waals surface area contributed by atoms with Gasteiger partial charge in [-0.1, -0.05) is 18.2 Å². The first kappa shape index (κ1) is 16.8. The molecule has 2 aromatic rings. The van der Waals surface area contributed by atoms with Crippen molar-refractivity contribution in [1.82, 2.24) is 15.3 Å². The van der Waals surface area contributed by atoms with Gasteiger partial charge in [0.05, 0.1) is 0 Å². The first-order valence-corrected chi connectivity index (χ1v) is 9.16. The van der Waals surface area contributed by atoms with Gasteiger partial charge in [0.15, 0.2) is 0 Å². The smallest absolute Gasteiger partial charge is 0.269 e. The second kappa shape index (κ2) is 6.27. The molecular weight excluding hydrogens is 326 g/mol. The lowest BCUT2D eigenvalue weighted by atomic mass is 9.74. The molecule has 2 aliphatic rings. The number of nitrogens with one attached hydrogen (secondary N) is 1. The van der Waals surface area contributed by atoms with Gasteiger partial charge in [0.1, 0.15) is 5.69 Å². The van der Waals surface area contributed by atoms with Gasteiger partial charge in [0, 0.05) is 50.5 Å². The Kier molecular flexibility index (Phi) is 4.05. The number of likely N-dealkylation sites (N-methyl/N-ethyl adjacent to an activating group) is 1. The monoisotopic (exact) mass is 351 g/mol. The van der Waals surface area contributed by atoms with Crippen LogP contribution in [0.15, 0.2) is 30.3 Å². The number of rotatable bonds is 2. The molecule has 6 nitrogen and oxygen atoms in total. The van der Waals surface area contributed by atoms with Crippen LogP contribution in [0.5, 0.6) is 0 Å². The lowest BCUT2D eigenvalue weighted by Crippen LogP contribution is -2.45. The van der Waals surface area contributed by atoms with Gasteiger partial charge in [-0.2, -0.15) is 0 Å². The Morgan fingerprint density at radius 1 is 1.19 bits per heavy atom. The molecule has 1 spiro atoms. The second-order valence-corrected chi connectivity index (χ2v) is 7.41. The van der Waals surface area contributed by atoms with Crippen LogP contribution in [-0.4, -0.2) is 49.6 Å². The number of piperidine rings is 1. The molecule has 1 saturated heterocycles. The standard InChI is InChI=1S/C20H25N5O/c1-14-12-16(18(26)21-2)23-19(22-14)25-10-8-20(9-11-25)13-24(3)17-7-5-4-6-15(17)20/h4-7,12H,8-11,13H2,1-3H3,(H,21,26). The highest BCUT2D eigenvalue weighted by Gasteiger charge is 2.43. The number of carbonyl (C=O) groups excluding carboxylic acids is 1. The fraction of sp³-hybridized carbons (Fsp3) is 0.450. The van der Waals surface area contributed by atoms with Gasteiger partial charge in [-0.05, 0) is 37.5 Å². The summed E-state index contributed by atoms with van der Waals surface area (Å²) in [6, 6.07) is 10.5. The zero-order chi connectivity index (χ0) is 18.3. The van der Waals surface area contributed by atoms with Crippen LogP contribution in [0.2, 0.25) is 0 Å². The van der Waals surface area contributed by atoms with E-state index in [4.69, 9.17) is 0 Å². The minimum Gasteiger partial charge on any atom is -0.373 e. The maximum atomic E-state index is 12.0. The van der Waals surface area contributed by atoms with Crippen molar-refractivity contribution in [3.05, 3.63) is 47.3 Å². The summed E-state index contributed by atoms with van der Waals surface area (Å²) in [5.74, 6) is 0.495. The van der Waals surface area contributed by atoms with Crippen molar-refractivity contribution in [3.63, 3.8) is 0 Å². The van der Waals surface area contributed by atoms with E-state index >= 15 is 0 Å². The number of benzene rings is 1. The summed E-state index contributed by atoms with van der Waals surface area (Å²) in [6.07, 6.45) is 2.14. The van der Waals surface area contributed by atoms with Gasteiger partial charge in [-0.25, -0.2) is 9.97 Å². The first-order chi connectivity index (χ1) is 12.5. The molecule has 1 N–H and O–H groups in total. The summed E-state index contributed by atoms with van der Waals surface area (Å²) in [5.41, 5.74) is 4.30. The van der Waals surface area contributed by atoms with Gasteiger partial charge in [0.25, 0.3) is 5.91 Å². The SMILES string of the molecule is CNC(=O)c1cc(C)nc(N2CCC3(CC2)CN(C)c2ccccc23)n1. The van der Waals surface area contributed by atoms with Crippen LogP contribution in [0.25, 0.3) is 0 Å². The Morgan fingerprint density at radius 3 is 2.65 bits per heavy atom. The van der Waals surface area contributed by atoms with Crippen molar-refractivity contribution in [1.29, 1.82) is 0 Å². The maximum absolute atomic E-state index is 12.0. The van der Waals surface area contributed by atoms with Crippen LogP contribution >= 0.6 is 0 Å². The highest BCUT2D eigenvalue weighted by atomic mass is 16.1. The van der Waals surface area contributed by atoms with E-state index in [1.165, 1.54) is 11.3 Å². The molecule has 0 atom stereocenters. The van der Waals surface area contributed by atoms with Crippen LogP contribution < -0.4 is 15.1 Å². The molecule has 1 aromatic heterocycles. The van der Waals surface area contributed by atoms with Gasteiger partial charge >= 0.3 is 0 Å². The van der Waals surface area contributed by atoms with E-state index in [9.17, 15) is 4.79 Å². The quantitative estimate of drug-likeness (QED) is 0.898. The number of amides is 1. The summed E-state index contributed by atoms with van der Waals surface area (Å²) in [7, 11) is 3.80. The first-order valence-electron chi connectivity index (χ1n) is 9.16. The number of nitrogens with zero attached hydrogens (tertiary/aromatic N) is 4. The Labute approximate surface area is 154 Å². The molecule has 3 heterocycles. The van der Waals surface area contributed by atoms with Crippen molar-refractivity contribution in [2.45, 2.75) is 25.2 Å². The van der Waals surface area contributed by atoms with Gasteiger partial charge in [-0.15, -0.1) is 0 Å². The van der Waals surface area contributed by atoms with Crippen LogP contribution in [0.4, 0.5) is 11.6 Å². The second-order valence-electron chi connectivity index (χ2n) is 7.41. The molecule has 6 heteroatoms. The third-order valence-corrected chi connectivity index (χ3v) is 5.73. The predicted octanol–water partition coefficient (Wildman–Crippen LogP) is 2.13. The fourth-order valence-electron chi connectivity index (χ4n) is 4.38. The highest BCUT2D eigenvalue weighted by molar-refractivity contribution is 5.92. The predicted molar refractivity (Wildman–Crippen MR) is 103 cm³/mol. The lowest BCUT2D eigenvalue weighted by Gasteiger charge is -2.40. The molecule has 1 amide bonds. The molecular formula is C20H25N5O. The molecule has 1 fully saturated rings. The molecule has 0 aliphatic carbocycles. The molecule has 4 rings (SSSR count). The van der Waals surface area contributed by atoms with Crippen molar-refractivity contribution in [2.75, 3.05) is 43.5 Å². The molecule has 136 valence electrons. The normalized spacial score (nSPS) is 18.1. The van der Waals surface area contributed by atoms with E-state index < -0.39 is 0 Å². The van der Waals surface area contributed by atoms with Crippen LogP contribution in [0, 0.1) is 6.92 Å². The molecule has 0 saturated carbocycles. The third-order valence-electron chi connectivity index (χ3n) is 5.73. The zero-order valence-corrected chi connectivity index (χ0v) is 15.6. The summed E-state index contributed by atoms with van der Waals surface area (Å²) < 4.78 is 0. The number of aryl methyl sites for hydroxylation is 1. The van der Waals surface area contributed by atoms with E-state index in [0.29, 0.717) is 11.6 Å². The maximum Gasteiger partial charge on any atom is 0.269 e. The number of carbonyl (C=O) groups is 1. The molecule has 0 bridgehead atoms. The Bertz CT molecular complexity index is 842. The topological polar surface area (TPSA) is 61.4 Å². The minimum atomic E-state index is -0.170. The average molecular weight is 351 g/mol. The number of para-hydroxylation sites is 1. The van der Waals surface area contributed by atoms with E-state index in [-0.39, 0.29) is 11.3 Å². The lowest BCUT2D eigenvalue weighted by molar-refractivity contribution is 0.0958. The summed E-state index contributed by atoms with van der Waals surface area (Å²) >= 11 is 0. The summed E-state index contributed by atoms with van der Waals surface area (Å²) in [6.45, 7) is 4.78. The average Bonchev–Trinajstić information content (AvgIpc) is 2.93. The zero-order valence-electron chi connectivity index (χ0n) is 15.6. The van der Waals surface area contributed by atoms with Crippen LogP contribution in [-0.2, 0) is 5.41 Å². The number of aromatic nitrogens is 2. The van der Waals surface area contributed by atoms with E-state index in [0.717, 1.165) is 38.2 Å². The molecule has 26 heavy (non-hydrogen) atoms. The molecule has 2 aliphatic heterocycles. The number of fused-ring (bicyclic) bond motifs is 2. The van der Waals surface area contributed by atoms with Crippen molar-refractivity contribution in [3.8, 4) is 0 Å². The van der Waals surface area contributed by atoms with Gasteiger partial charge < -0.3 is 15.1 Å². The number of hydrogen-bond acceptors (Lipinski definition) is 5. The van der Waals surface area contributed by atoms with E-state index in [1.807, 2.05) is 6.92 Å². The molecule has 0 unspecified atom stereocenters. The van der Waals surface area contributed by atoms with Crippen molar-refractivity contribution >= 4 is 17.5 Å². The highest BCUT2D eigenvalue weighted by Crippen LogP contribution is 2.46. The van der Waals surface area contributed by atoms with Crippen LogP contribution in [0.1, 0.15) is 34.6 Å². The van der Waals surface area contributed by atoms with Crippen molar-refractivity contribution in [2.24, 2.45) is 0 Å². The number of anilines is 2. The van der Waals surface area contributed by atoms with E-state index in [2.05, 4.69) is 56.4 Å². The summed E-state index contributed by atoms with van der Waals surface area (Å²) in [5, 5.41) is 2.64. The van der Waals surface area contributed by atoms with Crippen LogP contribution in [0.3, 0.4) is 0 Å². The fourth-order valence-corrected chi connectivity index (χ4v) is 4.38. The largest absolute Gasteiger partial charge is 0.373 e. The Morgan fingerprint density at radius 2 is 1.92 bits per heavy atom. The molecule has 0 radical (unpaired) electrons. The number of hydrogen-bond donors (Lipinski definition) is 1. The Hall–Kier alpha value is -2.63. The van der Waals surface area contributed by atoms with Crippen molar-refractivity contribution < 1.29 is 4.79 Å². The van der Waals surface area contributed by atoms with Gasteiger partial charge in [-0.3, -0.25) is 4.79 Å². The molecule has 1 aromatic carbocycles.